The molecule has 198 valence electrons. The first-order valence-electron chi connectivity index (χ1n) is 13.4. The Kier molecular flexibility index (Phi) is 7.77. The quantitative estimate of drug-likeness (QED) is 0.203. The highest BCUT2D eigenvalue weighted by Crippen LogP contribution is 2.22. The Bertz CT molecular complexity index is 1430. The number of hydrogen-bond donors (Lipinski definition) is 0. The van der Waals surface area contributed by atoms with E-state index in [1.165, 1.54) is 0 Å². The highest BCUT2D eigenvalue weighted by molar-refractivity contribution is 5.70. The molecule has 7 aliphatic heterocycles. The largest absolute Gasteiger partial charge is 0.489 e. The van der Waals surface area contributed by atoms with Gasteiger partial charge in [0.25, 0.3) is 0 Å². The first kappa shape index (κ1) is 25.3. The summed E-state index contributed by atoms with van der Waals surface area (Å²) in [6, 6.07) is 40.5. The molecule has 0 atom stereocenters. The van der Waals surface area contributed by atoms with Gasteiger partial charge in [0.05, 0.1) is 0 Å². The molecule has 8 bridgehead atoms. The minimum atomic E-state index is 0.466. The zero-order chi connectivity index (χ0) is 27.0. The van der Waals surface area contributed by atoms with Gasteiger partial charge < -0.3 is 18.9 Å². The SMILES string of the molecule is C1=C\c2ccc(cc2)OCc2ccc(cc2)OCc2ccccc2COc2ccc(cc2)COc2ccc/1cc2. The normalized spacial score (nSPS) is 14.1. The molecule has 0 radical (unpaired) electrons. The molecule has 4 heteroatoms. The van der Waals surface area contributed by atoms with E-state index in [0.717, 1.165) is 56.4 Å². The molecule has 4 nitrogen and oxygen atoms in total. The molecule has 0 N–H and O–H groups in total. The number of hydrogen-bond acceptors (Lipinski definition) is 4. The Labute approximate surface area is 235 Å². The Hall–Kier alpha value is -4.96. The van der Waals surface area contributed by atoms with Crippen molar-refractivity contribution < 1.29 is 18.9 Å². The lowest BCUT2D eigenvalue weighted by atomic mass is 10.1. The molecule has 0 aromatic heterocycles. The number of ether oxygens (including phenoxy) is 4. The Morgan fingerprint density at radius 2 is 0.650 bits per heavy atom. The van der Waals surface area contributed by atoms with Crippen molar-refractivity contribution in [1.82, 2.24) is 0 Å². The van der Waals surface area contributed by atoms with Crippen LogP contribution >= 0.6 is 0 Å². The lowest BCUT2D eigenvalue weighted by Gasteiger charge is -2.13. The second-order valence-corrected chi connectivity index (χ2v) is 9.68. The van der Waals surface area contributed by atoms with Crippen LogP contribution in [0.1, 0.15) is 33.4 Å². The molecule has 0 unspecified atom stereocenters. The third kappa shape index (κ3) is 6.72. The summed E-state index contributed by atoms with van der Waals surface area (Å²) in [6.45, 7) is 1.91. The molecular formula is C36H30O4. The van der Waals surface area contributed by atoms with Gasteiger partial charge in [-0.25, -0.2) is 0 Å². The predicted octanol–water partition coefficient (Wildman–Crippen LogP) is 8.49. The van der Waals surface area contributed by atoms with Crippen molar-refractivity contribution in [3.05, 3.63) is 155 Å². The van der Waals surface area contributed by atoms with E-state index < -0.39 is 0 Å². The highest BCUT2D eigenvalue weighted by Gasteiger charge is 2.06. The van der Waals surface area contributed by atoms with Crippen LogP contribution in [0.4, 0.5) is 0 Å². The van der Waals surface area contributed by atoms with Crippen LogP contribution in [0.25, 0.3) is 12.2 Å². The molecule has 5 aromatic carbocycles. The topological polar surface area (TPSA) is 36.9 Å². The van der Waals surface area contributed by atoms with Gasteiger partial charge in [-0.2, -0.15) is 0 Å². The van der Waals surface area contributed by atoms with Gasteiger partial charge in [-0.15, -0.1) is 0 Å². The fourth-order valence-electron chi connectivity index (χ4n) is 4.40. The Morgan fingerprint density at radius 1 is 0.325 bits per heavy atom. The average molecular weight is 527 g/mol. The van der Waals surface area contributed by atoms with E-state index in [0.29, 0.717) is 26.4 Å². The summed E-state index contributed by atoms with van der Waals surface area (Å²) in [4.78, 5) is 0. The van der Waals surface area contributed by atoms with Gasteiger partial charge in [0.1, 0.15) is 49.4 Å². The molecule has 40 heavy (non-hydrogen) atoms. The van der Waals surface area contributed by atoms with Crippen LogP contribution < -0.4 is 18.9 Å². The molecule has 0 aliphatic carbocycles. The summed E-state index contributed by atoms with van der Waals surface area (Å²) in [5.74, 6) is 3.30. The van der Waals surface area contributed by atoms with E-state index in [1.54, 1.807) is 0 Å². The second kappa shape index (κ2) is 12.3. The van der Waals surface area contributed by atoms with E-state index in [4.69, 9.17) is 18.9 Å². The van der Waals surface area contributed by atoms with Crippen molar-refractivity contribution in [2.75, 3.05) is 0 Å². The molecule has 0 fully saturated rings. The minimum absolute atomic E-state index is 0.466. The minimum Gasteiger partial charge on any atom is -0.489 e. The smallest absolute Gasteiger partial charge is 0.119 e. The summed E-state index contributed by atoms with van der Waals surface area (Å²) in [5, 5.41) is 0. The molecule has 0 amide bonds. The van der Waals surface area contributed by atoms with E-state index in [1.807, 2.05) is 84.9 Å². The maximum absolute atomic E-state index is 6.10. The molecule has 0 spiro atoms. The first-order valence-corrected chi connectivity index (χ1v) is 13.4. The molecular weight excluding hydrogens is 496 g/mol. The van der Waals surface area contributed by atoms with Crippen LogP contribution in [0.15, 0.2) is 121 Å². The summed E-state index contributed by atoms with van der Waals surface area (Å²) < 4.78 is 24.2. The monoisotopic (exact) mass is 526 g/mol. The van der Waals surface area contributed by atoms with Gasteiger partial charge in [0.2, 0.25) is 0 Å². The van der Waals surface area contributed by atoms with Gasteiger partial charge in [0, 0.05) is 0 Å². The molecule has 0 saturated carbocycles. The molecule has 12 rings (SSSR count). The third-order valence-electron chi connectivity index (χ3n) is 6.79. The van der Waals surface area contributed by atoms with Crippen molar-refractivity contribution in [1.29, 1.82) is 0 Å². The third-order valence-corrected chi connectivity index (χ3v) is 6.79. The lowest BCUT2D eigenvalue weighted by molar-refractivity contribution is 0.284. The summed E-state index contributed by atoms with van der Waals surface area (Å²) in [5.41, 5.74) is 6.57. The highest BCUT2D eigenvalue weighted by atomic mass is 16.5. The number of rotatable bonds is 0. The van der Waals surface area contributed by atoms with Gasteiger partial charge in [-0.05, 0) is 81.9 Å². The first-order chi connectivity index (χ1) is 19.8. The summed E-state index contributed by atoms with van der Waals surface area (Å²) >= 11 is 0. The Morgan fingerprint density at radius 3 is 1.02 bits per heavy atom. The fraction of sp³-hybridized carbons (Fsp3) is 0.111. The van der Waals surface area contributed by atoms with Gasteiger partial charge in [-0.1, -0.05) is 84.9 Å². The van der Waals surface area contributed by atoms with Crippen molar-refractivity contribution >= 4 is 12.2 Å². The van der Waals surface area contributed by atoms with Crippen LogP contribution in [0.2, 0.25) is 0 Å². The summed E-state index contributed by atoms with van der Waals surface area (Å²) in [6.07, 6.45) is 4.18. The van der Waals surface area contributed by atoms with E-state index >= 15 is 0 Å². The van der Waals surface area contributed by atoms with Crippen molar-refractivity contribution in [3.63, 3.8) is 0 Å². The van der Waals surface area contributed by atoms with Crippen LogP contribution in [-0.4, -0.2) is 0 Å². The zero-order valence-corrected chi connectivity index (χ0v) is 22.2. The van der Waals surface area contributed by atoms with E-state index in [9.17, 15) is 0 Å². The molecule has 5 aromatic rings. The van der Waals surface area contributed by atoms with Gasteiger partial charge >= 0.3 is 0 Å². The molecule has 7 heterocycles. The Balaban J connectivity index is 1.21. The van der Waals surface area contributed by atoms with Crippen molar-refractivity contribution in [3.8, 4) is 23.0 Å². The lowest BCUT2D eigenvalue weighted by Crippen LogP contribution is -2.04. The van der Waals surface area contributed by atoms with Gasteiger partial charge in [-0.3, -0.25) is 0 Å². The summed E-state index contributed by atoms with van der Waals surface area (Å²) in [7, 11) is 0. The zero-order valence-electron chi connectivity index (χ0n) is 22.2. The molecule has 7 aliphatic rings. The van der Waals surface area contributed by atoms with Crippen LogP contribution in [-0.2, 0) is 26.4 Å². The van der Waals surface area contributed by atoms with Crippen molar-refractivity contribution in [2.45, 2.75) is 26.4 Å². The average Bonchev–Trinajstić information content (AvgIpc) is 3.02. The van der Waals surface area contributed by atoms with Gasteiger partial charge in [0.15, 0.2) is 0 Å². The van der Waals surface area contributed by atoms with Crippen molar-refractivity contribution in [2.24, 2.45) is 0 Å². The van der Waals surface area contributed by atoms with Crippen LogP contribution in [0, 0.1) is 0 Å². The maximum Gasteiger partial charge on any atom is 0.119 e. The van der Waals surface area contributed by atoms with E-state index in [2.05, 4.69) is 48.6 Å². The van der Waals surface area contributed by atoms with Crippen LogP contribution in [0.5, 0.6) is 23.0 Å². The van der Waals surface area contributed by atoms with E-state index in [-0.39, 0.29) is 0 Å². The maximum atomic E-state index is 6.10. The molecule has 0 saturated heterocycles. The second-order valence-electron chi connectivity index (χ2n) is 9.68. The standard InChI is InChI=1S/C36H30O4/c1-2-4-32-26-40-36-21-13-30(14-22-36)24-38-34-17-9-28(10-18-34)6-5-27-7-15-33(16-8-27)37-23-29-11-19-35(20-12-29)39-25-31(32)3-1/h1-22H,23-26H2/b6-5-. The predicted molar refractivity (Wildman–Crippen MR) is 158 cm³/mol. The van der Waals surface area contributed by atoms with Crippen LogP contribution in [0.3, 0.4) is 0 Å². The number of benzene rings is 5. The fourth-order valence-corrected chi connectivity index (χ4v) is 4.40.